The number of halogens is 2. The van der Waals surface area contributed by atoms with E-state index in [0.717, 1.165) is 10.4 Å². The number of carboxylic acid groups (broad SMARTS) is 1. The summed E-state index contributed by atoms with van der Waals surface area (Å²) in [4.78, 5) is 10.4. The average molecular weight is 492 g/mol. The minimum absolute atomic E-state index is 0.00648. The molecule has 0 fully saturated rings. The van der Waals surface area contributed by atoms with Gasteiger partial charge in [-0.25, -0.2) is 26.7 Å². The molecule has 0 saturated carbocycles. The zero-order valence-electron chi connectivity index (χ0n) is 16.4. The van der Waals surface area contributed by atoms with E-state index in [0.29, 0.717) is 12.1 Å². The molecule has 1 heterocycles. The minimum Gasteiger partial charge on any atom is -0.485 e. The highest BCUT2D eigenvalue weighted by molar-refractivity contribution is 7.92. The van der Waals surface area contributed by atoms with E-state index in [9.17, 15) is 30.4 Å². The molecule has 0 radical (unpaired) electrons. The number of hydrogen-bond acceptors (Lipinski definition) is 6. The number of hydrogen-bond donors (Lipinski definition) is 4. The van der Waals surface area contributed by atoms with Crippen LogP contribution in [-0.4, -0.2) is 54.3 Å². The third kappa shape index (κ3) is 5.07. The maximum Gasteiger partial charge on any atom is 0.409 e. The van der Waals surface area contributed by atoms with E-state index >= 15 is 0 Å². The zero-order valence-corrected chi connectivity index (χ0v) is 18.0. The molecule has 0 aliphatic carbocycles. The molecule has 15 heteroatoms. The topological polar surface area (TPSA) is 154 Å². The Balaban J connectivity index is 2.04. The molecular formula is C17H18F2N4O7S2. The van der Waals surface area contributed by atoms with Crippen LogP contribution in [0.2, 0.25) is 0 Å². The number of nitrogens with zero attached hydrogens (tertiary/aromatic N) is 1. The molecule has 0 aromatic heterocycles. The number of amides is 1. The second-order valence-electron chi connectivity index (χ2n) is 6.52. The van der Waals surface area contributed by atoms with Gasteiger partial charge >= 0.3 is 6.09 Å². The third-order valence-corrected chi connectivity index (χ3v) is 7.25. The number of ether oxygens (including phenoxy) is 1. The first-order valence-electron chi connectivity index (χ1n) is 8.89. The van der Waals surface area contributed by atoms with Crippen LogP contribution in [0.5, 0.6) is 5.75 Å². The second-order valence-corrected chi connectivity index (χ2v) is 10.1. The Morgan fingerprint density at radius 3 is 2.50 bits per heavy atom. The lowest BCUT2D eigenvalue weighted by molar-refractivity contribution is 0.203. The quantitative estimate of drug-likeness (QED) is 0.451. The first kappa shape index (κ1) is 23.6. The normalized spacial score (nSPS) is 16.2. The number of benzene rings is 2. The molecule has 1 amide bonds. The standard InChI is InChI=1S/C17H18F2N4O7S2/c1-20-32(28,29)21-8-11-9-23(31(26,27)12-3-4-13(18)14(19)7-12)15-6-10(22-17(24)25)2-5-16(15)30-11/h2-7,11,20-22H,8-9H2,1H3,(H,24,25). The molecule has 0 spiro atoms. The molecule has 1 unspecified atom stereocenters. The minimum atomic E-state index is -4.47. The molecule has 1 atom stereocenters. The molecule has 32 heavy (non-hydrogen) atoms. The van der Waals surface area contributed by atoms with Crippen molar-refractivity contribution in [2.45, 2.75) is 11.0 Å². The van der Waals surface area contributed by atoms with Crippen molar-refractivity contribution in [3.8, 4) is 5.75 Å². The van der Waals surface area contributed by atoms with Crippen LogP contribution in [0.25, 0.3) is 0 Å². The molecule has 11 nitrogen and oxygen atoms in total. The van der Waals surface area contributed by atoms with Crippen LogP contribution in [-0.2, 0) is 20.2 Å². The lowest BCUT2D eigenvalue weighted by atomic mass is 10.2. The van der Waals surface area contributed by atoms with Crippen molar-refractivity contribution >= 4 is 37.7 Å². The predicted octanol–water partition coefficient (Wildman–Crippen LogP) is 1.06. The van der Waals surface area contributed by atoms with Crippen LogP contribution in [0.1, 0.15) is 0 Å². The lowest BCUT2D eigenvalue weighted by Gasteiger charge is -2.35. The predicted molar refractivity (Wildman–Crippen MR) is 109 cm³/mol. The molecule has 4 N–H and O–H groups in total. The monoisotopic (exact) mass is 492 g/mol. The summed E-state index contributed by atoms with van der Waals surface area (Å²) in [5.41, 5.74) is -0.0478. The number of fused-ring (bicyclic) bond motifs is 1. The fourth-order valence-electron chi connectivity index (χ4n) is 2.89. The molecule has 1 aliphatic heterocycles. The highest BCUT2D eigenvalue weighted by Gasteiger charge is 2.35. The first-order valence-corrected chi connectivity index (χ1v) is 11.8. The van der Waals surface area contributed by atoms with Crippen molar-refractivity contribution in [2.75, 3.05) is 29.8 Å². The lowest BCUT2D eigenvalue weighted by Crippen LogP contribution is -2.49. The van der Waals surface area contributed by atoms with Gasteiger partial charge in [0, 0.05) is 12.7 Å². The average Bonchev–Trinajstić information content (AvgIpc) is 2.73. The van der Waals surface area contributed by atoms with Crippen LogP contribution in [0.15, 0.2) is 41.3 Å². The largest absolute Gasteiger partial charge is 0.485 e. The first-order chi connectivity index (χ1) is 14.9. The second kappa shape index (κ2) is 8.85. The van der Waals surface area contributed by atoms with E-state index in [-0.39, 0.29) is 23.7 Å². The summed E-state index contributed by atoms with van der Waals surface area (Å²) in [6.45, 7) is -0.724. The van der Waals surface area contributed by atoms with E-state index in [4.69, 9.17) is 9.84 Å². The molecule has 0 saturated heterocycles. The highest BCUT2D eigenvalue weighted by atomic mass is 32.2. The van der Waals surface area contributed by atoms with Gasteiger partial charge in [-0.1, -0.05) is 0 Å². The van der Waals surface area contributed by atoms with Crippen LogP contribution in [0.4, 0.5) is 25.0 Å². The Morgan fingerprint density at radius 1 is 1.16 bits per heavy atom. The fourth-order valence-corrected chi connectivity index (χ4v) is 4.95. The SMILES string of the molecule is CNS(=O)(=O)NCC1CN(S(=O)(=O)c2ccc(F)c(F)c2)c2cc(NC(=O)O)ccc2O1. The Morgan fingerprint density at radius 2 is 1.88 bits per heavy atom. The summed E-state index contributed by atoms with van der Waals surface area (Å²) >= 11 is 0. The van der Waals surface area contributed by atoms with Crippen molar-refractivity contribution in [2.24, 2.45) is 0 Å². The van der Waals surface area contributed by atoms with E-state index in [2.05, 4.69) is 10.0 Å². The number of nitrogens with one attached hydrogen (secondary N) is 3. The van der Waals surface area contributed by atoms with Gasteiger partial charge in [-0.15, -0.1) is 0 Å². The van der Waals surface area contributed by atoms with Crippen molar-refractivity contribution in [3.63, 3.8) is 0 Å². The highest BCUT2D eigenvalue weighted by Crippen LogP contribution is 2.39. The fraction of sp³-hybridized carbons (Fsp3) is 0.235. The summed E-state index contributed by atoms with van der Waals surface area (Å²) in [6.07, 6.45) is -2.39. The Bertz CT molecular complexity index is 1260. The maximum atomic E-state index is 13.7. The molecule has 3 rings (SSSR count). The van der Waals surface area contributed by atoms with Gasteiger partial charge < -0.3 is 9.84 Å². The Labute approximate surface area is 182 Å². The van der Waals surface area contributed by atoms with Gasteiger partial charge in [0.1, 0.15) is 11.9 Å². The van der Waals surface area contributed by atoms with Crippen LogP contribution in [0.3, 0.4) is 0 Å². The number of rotatable bonds is 7. The van der Waals surface area contributed by atoms with Crippen LogP contribution in [0, 0.1) is 11.6 Å². The third-order valence-electron chi connectivity index (χ3n) is 4.39. The summed E-state index contributed by atoms with van der Waals surface area (Å²) in [5, 5.41) is 11.0. The Hall–Kier alpha value is -3.01. The maximum absolute atomic E-state index is 13.7. The molecule has 2 aromatic carbocycles. The molecule has 174 valence electrons. The number of sulfonamides is 1. The van der Waals surface area contributed by atoms with Crippen molar-refractivity contribution < 1.29 is 40.3 Å². The van der Waals surface area contributed by atoms with E-state index in [1.54, 1.807) is 0 Å². The van der Waals surface area contributed by atoms with Gasteiger partial charge in [-0.2, -0.15) is 13.1 Å². The smallest absolute Gasteiger partial charge is 0.409 e. The van der Waals surface area contributed by atoms with Gasteiger partial charge in [-0.3, -0.25) is 9.62 Å². The van der Waals surface area contributed by atoms with Gasteiger partial charge in [0.2, 0.25) is 0 Å². The zero-order chi connectivity index (χ0) is 23.7. The number of carbonyl (C=O) groups is 1. The molecule has 2 aromatic rings. The van der Waals surface area contributed by atoms with Crippen molar-refractivity contribution in [3.05, 3.63) is 48.0 Å². The molecule has 0 bridgehead atoms. The van der Waals surface area contributed by atoms with Gasteiger partial charge in [-0.05, 0) is 36.4 Å². The summed E-state index contributed by atoms with van der Waals surface area (Å²) in [5.74, 6) is -2.61. The van der Waals surface area contributed by atoms with Gasteiger partial charge in [0.15, 0.2) is 11.6 Å². The number of anilines is 2. The van der Waals surface area contributed by atoms with Crippen LogP contribution >= 0.6 is 0 Å². The summed E-state index contributed by atoms with van der Waals surface area (Å²) in [7, 11) is -7.14. The van der Waals surface area contributed by atoms with Crippen molar-refractivity contribution in [1.29, 1.82) is 0 Å². The Kier molecular flexibility index (Phi) is 6.54. The molecular weight excluding hydrogens is 474 g/mol. The van der Waals surface area contributed by atoms with E-state index in [1.165, 1.54) is 25.2 Å². The van der Waals surface area contributed by atoms with E-state index < -0.39 is 55.5 Å². The van der Waals surface area contributed by atoms with E-state index in [1.807, 2.05) is 4.72 Å². The summed E-state index contributed by atoms with van der Waals surface area (Å²) in [6, 6.07) is 5.85. The van der Waals surface area contributed by atoms with Crippen molar-refractivity contribution in [1.82, 2.24) is 9.44 Å². The van der Waals surface area contributed by atoms with Gasteiger partial charge in [0.05, 0.1) is 23.7 Å². The van der Waals surface area contributed by atoms with Gasteiger partial charge in [0.25, 0.3) is 20.2 Å². The summed E-state index contributed by atoms with van der Waals surface area (Å²) < 4.78 is 87.5. The van der Waals surface area contributed by atoms with Crippen LogP contribution < -0.4 is 23.8 Å². The molecule has 1 aliphatic rings.